The van der Waals surface area contributed by atoms with Crippen molar-refractivity contribution >= 4 is 15.9 Å². The Kier molecular flexibility index (Phi) is 6.26. The monoisotopic (exact) mass is 387 g/mol. The lowest BCUT2D eigenvalue weighted by molar-refractivity contribution is -0.132. The fourth-order valence-corrected chi connectivity index (χ4v) is 3.84. The van der Waals surface area contributed by atoms with Crippen molar-refractivity contribution in [1.29, 1.82) is 0 Å². The molecule has 1 amide bonds. The molecule has 0 aromatic heterocycles. The van der Waals surface area contributed by atoms with Crippen LogP contribution in [0.2, 0.25) is 0 Å². The third-order valence-corrected chi connectivity index (χ3v) is 5.74. The number of nitrogens with zero attached hydrogens (tertiary/aromatic N) is 1. The van der Waals surface area contributed by atoms with Crippen molar-refractivity contribution in [2.45, 2.75) is 30.2 Å². The number of hydrogen-bond donors (Lipinski definition) is 2. The van der Waals surface area contributed by atoms with Crippen LogP contribution in [-0.4, -0.2) is 38.9 Å². The molecular weight excluding hydrogens is 362 g/mol. The highest BCUT2D eigenvalue weighted by Crippen LogP contribution is 2.19. The van der Waals surface area contributed by atoms with Gasteiger partial charge in [0.1, 0.15) is 6.04 Å². The summed E-state index contributed by atoms with van der Waals surface area (Å²) in [5, 5.41) is 8.49. The number of primary sulfonamides is 1. The summed E-state index contributed by atoms with van der Waals surface area (Å²) in [6.45, 7) is 2.24. The van der Waals surface area contributed by atoms with Gasteiger partial charge in [-0.25, -0.2) is 13.6 Å². The van der Waals surface area contributed by atoms with Gasteiger partial charge in [0.25, 0.3) is 0 Å². The third kappa shape index (κ3) is 5.15. The van der Waals surface area contributed by atoms with E-state index in [0.717, 1.165) is 37.1 Å². The van der Waals surface area contributed by atoms with Crippen LogP contribution >= 0.6 is 0 Å². The Bertz CT molecular complexity index is 861. The van der Waals surface area contributed by atoms with Gasteiger partial charge in [0.2, 0.25) is 15.9 Å². The minimum Gasteiger partial charge on any atom is -0.341 e. The van der Waals surface area contributed by atoms with Crippen molar-refractivity contribution in [3.05, 3.63) is 65.7 Å². The van der Waals surface area contributed by atoms with Gasteiger partial charge < -0.3 is 10.2 Å². The topological polar surface area (TPSA) is 92.5 Å². The van der Waals surface area contributed by atoms with Crippen molar-refractivity contribution in [3.8, 4) is 0 Å². The smallest absolute Gasteiger partial charge is 0.244 e. The van der Waals surface area contributed by atoms with Gasteiger partial charge in [0.05, 0.1) is 4.90 Å². The Morgan fingerprint density at radius 2 is 1.67 bits per heavy atom. The molecule has 2 aromatic carbocycles. The van der Waals surface area contributed by atoms with E-state index in [-0.39, 0.29) is 16.8 Å². The first-order valence-corrected chi connectivity index (χ1v) is 10.7. The van der Waals surface area contributed by atoms with E-state index >= 15 is 0 Å². The molecule has 1 fully saturated rings. The predicted molar refractivity (Wildman–Crippen MR) is 105 cm³/mol. The van der Waals surface area contributed by atoms with E-state index in [9.17, 15) is 13.2 Å². The lowest BCUT2D eigenvalue weighted by atomic mass is 10.0. The summed E-state index contributed by atoms with van der Waals surface area (Å²) in [4.78, 5) is 15.0. The van der Waals surface area contributed by atoms with Crippen molar-refractivity contribution in [2.75, 3.05) is 19.6 Å². The summed E-state index contributed by atoms with van der Waals surface area (Å²) in [7, 11) is -3.68. The number of benzene rings is 2. The molecule has 27 heavy (non-hydrogen) atoms. The molecule has 0 saturated carbocycles. The van der Waals surface area contributed by atoms with E-state index < -0.39 is 10.0 Å². The first-order chi connectivity index (χ1) is 12.9. The molecule has 7 heteroatoms. The number of hydrogen-bond acceptors (Lipinski definition) is 4. The van der Waals surface area contributed by atoms with Crippen LogP contribution in [0.25, 0.3) is 0 Å². The Balaban J connectivity index is 1.65. The molecule has 1 unspecified atom stereocenters. The highest BCUT2D eigenvalue weighted by Gasteiger charge is 2.27. The van der Waals surface area contributed by atoms with Gasteiger partial charge in [-0.2, -0.15) is 0 Å². The fourth-order valence-electron chi connectivity index (χ4n) is 3.32. The maximum atomic E-state index is 12.9. The van der Waals surface area contributed by atoms with E-state index in [1.165, 1.54) is 12.1 Å². The normalized spacial score (nSPS) is 15.7. The zero-order valence-electron chi connectivity index (χ0n) is 15.2. The summed E-state index contributed by atoms with van der Waals surface area (Å²) in [5.41, 5.74) is 1.94. The highest BCUT2D eigenvalue weighted by molar-refractivity contribution is 7.89. The van der Waals surface area contributed by atoms with E-state index in [0.29, 0.717) is 13.0 Å². The Morgan fingerprint density at radius 3 is 2.26 bits per heavy atom. The number of amides is 1. The molecule has 1 saturated heterocycles. The number of likely N-dealkylation sites (tertiary alicyclic amines) is 1. The van der Waals surface area contributed by atoms with E-state index in [1.807, 2.05) is 35.2 Å². The fraction of sp³-hybridized carbons (Fsp3) is 0.350. The van der Waals surface area contributed by atoms with Crippen LogP contribution in [0.5, 0.6) is 0 Å². The average Bonchev–Trinajstić information content (AvgIpc) is 3.20. The van der Waals surface area contributed by atoms with E-state index in [1.54, 1.807) is 12.1 Å². The largest absolute Gasteiger partial charge is 0.341 e. The number of carbonyl (C=O) groups is 1. The molecule has 0 bridgehead atoms. The second-order valence-electron chi connectivity index (χ2n) is 6.77. The zero-order valence-corrected chi connectivity index (χ0v) is 16.0. The summed E-state index contributed by atoms with van der Waals surface area (Å²) in [5.74, 6) is 0.114. The lowest BCUT2D eigenvalue weighted by Gasteiger charge is -2.24. The molecule has 1 atom stereocenters. The SMILES string of the molecule is NS(=O)(=O)c1ccc(CCNC(C(=O)N2CCCC2)c2ccccc2)cc1. The number of sulfonamides is 1. The molecular formula is C20H25N3O3S. The molecule has 1 heterocycles. The summed E-state index contributed by atoms with van der Waals surface area (Å²) in [6.07, 6.45) is 2.80. The molecule has 0 spiro atoms. The number of nitrogens with one attached hydrogen (secondary N) is 1. The van der Waals surface area contributed by atoms with Gasteiger partial charge >= 0.3 is 0 Å². The van der Waals surface area contributed by atoms with Crippen LogP contribution in [0.4, 0.5) is 0 Å². The summed E-state index contributed by atoms with van der Waals surface area (Å²) in [6, 6.07) is 15.9. The van der Waals surface area contributed by atoms with Crippen molar-refractivity contribution in [2.24, 2.45) is 5.14 Å². The van der Waals surface area contributed by atoms with Gasteiger partial charge in [0.15, 0.2) is 0 Å². The molecule has 3 rings (SSSR count). The Hall–Kier alpha value is -2.22. The lowest BCUT2D eigenvalue weighted by Crippen LogP contribution is -2.40. The number of nitrogens with two attached hydrogens (primary N) is 1. The standard InChI is InChI=1S/C20H25N3O3S/c21-27(25,26)18-10-8-16(9-11-18)12-13-22-19(17-6-2-1-3-7-17)20(24)23-14-4-5-15-23/h1-3,6-11,19,22H,4-5,12-15H2,(H2,21,25,26). The van der Waals surface area contributed by atoms with Gasteiger partial charge in [0, 0.05) is 19.6 Å². The molecule has 0 radical (unpaired) electrons. The first kappa shape index (κ1) is 19.5. The average molecular weight is 388 g/mol. The van der Waals surface area contributed by atoms with E-state index in [2.05, 4.69) is 5.32 Å². The van der Waals surface area contributed by atoms with E-state index in [4.69, 9.17) is 5.14 Å². The Morgan fingerprint density at radius 1 is 1.04 bits per heavy atom. The van der Waals surface area contributed by atoms with Gasteiger partial charge in [-0.3, -0.25) is 4.79 Å². The molecule has 3 N–H and O–H groups in total. The molecule has 0 aliphatic carbocycles. The zero-order chi connectivity index (χ0) is 19.3. The molecule has 1 aliphatic rings. The minimum absolute atomic E-state index is 0.102. The third-order valence-electron chi connectivity index (χ3n) is 4.81. The summed E-state index contributed by atoms with van der Waals surface area (Å²) >= 11 is 0. The quantitative estimate of drug-likeness (QED) is 0.758. The van der Waals surface area contributed by atoms with Crippen molar-refractivity contribution in [1.82, 2.24) is 10.2 Å². The maximum Gasteiger partial charge on any atom is 0.244 e. The predicted octanol–water partition coefficient (Wildman–Crippen LogP) is 1.83. The molecule has 6 nitrogen and oxygen atoms in total. The van der Waals surface area contributed by atoms with Crippen LogP contribution in [0.3, 0.4) is 0 Å². The highest BCUT2D eigenvalue weighted by atomic mass is 32.2. The van der Waals surface area contributed by atoms with Gasteiger partial charge in [-0.1, -0.05) is 42.5 Å². The van der Waals surface area contributed by atoms with Crippen LogP contribution in [0.15, 0.2) is 59.5 Å². The van der Waals surface area contributed by atoms with Crippen LogP contribution in [-0.2, 0) is 21.2 Å². The number of carbonyl (C=O) groups excluding carboxylic acids is 1. The molecule has 144 valence electrons. The summed E-state index contributed by atoms with van der Waals surface area (Å²) < 4.78 is 22.7. The molecule has 2 aromatic rings. The Labute approximate surface area is 160 Å². The second-order valence-corrected chi connectivity index (χ2v) is 8.33. The second kappa shape index (κ2) is 8.65. The van der Waals surface area contributed by atoms with Crippen LogP contribution in [0.1, 0.15) is 30.0 Å². The maximum absolute atomic E-state index is 12.9. The van der Waals surface area contributed by atoms with Crippen molar-refractivity contribution in [3.63, 3.8) is 0 Å². The first-order valence-electron chi connectivity index (χ1n) is 9.14. The minimum atomic E-state index is -3.68. The molecule has 1 aliphatic heterocycles. The van der Waals surface area contributed by atoms with Crippen molar-refractivity contribution < 1.29 is 13.2 Å². The van der Waals surface area contributed by atoms with Crippen LogP contribution < -0.4 is 10.5 Å². The van der Waals surface area contributed by atoms with Crippen LogP contribution in [0, 0.1) is 0 Å². The van der Waals surface area contributed by atoms with Gasteiger partial charge in [-0.05, 0) is 42.5 Å². The van der Waals surface area contributed by atoms with Gasteiger partial charge in [-0.15, -0.1) is 0 Å². The number of rotatable bonds is 7.